The average Bonchev–Trinajstić information content (AvgIpc) is 2.37. The quantitative estimate of drug-likeness (QED) is 0.726. The number of carbonyl (C=O) groups is 1. The Kier molecular flexibility index (Phi) is 4.49. The van der Waals surface area contributed by atoms with Gasteiger partial charge in [0, 0.05) is 19.6 Å². The van der Waals surface area contributed by atoms with Crippen molar-refractivity contribution < 1.29 is 23.8 Å². The van der Waals surface area contributed by atoms with Crippen LogP contribution in [-0.2, 0) is 0 Å². The molecule has 5 nitrogen and oxygen atoms in total. The van der Waals surface area contributed by atoms with Crippen LogP contribution in [0, 0.1) is 0 Å². The zero-order chi connectivity index (χ0) is 14.8. The molecule has 3 N–H and O–H groups in total. The topological polar surface area (TPSA) is 72.8 Å². The number of alkyl halides is 2. The molecule has 2 rings (SSSR count). The number of likely N-dealkylation sites (tertiary alicyclic amines) is 1. The number of aliphatic hydroxyl groups is 2. The van der Waals surface area contributed by atoms with E-state index in [4.69, 9.17) is 0 Å². The highest BCUT2D eigenvalue weighted by Gasteiger charge is 2.41. The molecule has 1 aliphatic carbocycles. The lowest BCUT2D eigenvalue weighted by atomic mass is 9.78. The Morgan fingerprint density at radius 1 is 1.20 bits per heavy atom. The zero-order valence-corrected chi connectivity index (χ0v) is 11.4. The van der Waals surface area contributed by atoms with Crippen LogP contribution in [-0.4, -0.2) is 58.4 Å². The van der Waals surface area contributed by atoms with Gasteiger partial charge in [-0.15, -0.1) is 0 Å². The van der Waals surface area contributed by atoms with Gasteiger partial charge in [0.25, 0.3) is 6.43 Å². The summed E-state index contributed by atoms with van der Waals surface area (Å²) in [6.45, 7) is 0.624. The van der Waals surface area contributed by atoms with Crippen LogP contribution in [0.3, 0.4) is 0 Å². The third-order valence-electron chi connectivity index (χ3n) is 4.47. The highest BCUT2D eigenvalue weighted by molar-refractivity contribution is 5.74. The molecule has 20 heavy (non-hydrogen) atoms. The van der Waals surface area contributed by atoms with Crippen LogP contribution in [0.2, 0.25) is 0 Å². The second-order valence-electron chi connectivity index (χ2n) is 5.95. The minimum atomic E-state index is -2.78. The lowest BCUT2D eigenvalue weighted by Gasteiger charge is -2.38. The van der Waals surface area contributed by atoms with Crippen molar-refractivity contribution in [3.8, 4) is 0 Å². The largest absolute Gasteiger partial charge is 0.390 e. The molecule has 2 amide bonds. The molecule has 0 bridgehead atoms. The lowest BCUT2D eigenvalue weighted by molar-refractivity contribution is -0.122. The SMILES string of the molecule is O=C(NCCC1(O)CCC1)N1CCC(O)(C(F)F)CC1. The van der Waals surface area contributed by atoms with E-state index in [2.05, 4.69) is 5.32 Å². The van der Waals surface area contributed by atoms with Gasteiger partial charge in [0.2, 0.25) is 0 Å². The summed E-state index contributed by atoms with van der Waals surface area (Å²) < 4.78 is 25.2. The van der Waals surface area contributed by atoms with Crippen LogP contribution in [0.15, 0.2) is 0 Å². The van der Waals surface area contributed by atoms with E-state index in [1.807, 2.05) is 0 Å². The van der Waals surface area contributed by atoms with Gasteiger partial charge in [-0.3, -0.25) is 0 Å². The summed E-state index contributed by atoms with van der Waals surface area (Å²) in [5, 5.41) is 22.2. The van der Waals surface area contributed by atoms with E-state index in [0.29, 0.717) is 13.0 Å². The number of rotatable bonds is 4. The fourth-order valence-corrected chi connectivity index (χ4v) is 2.66. The van der Waals surface area contributed by atoms with Gasteiger partial charge in [0.1, 0.15) is 5.60 Å². The summed E-state index contributed by atoms with van der Waals surface area (Å²) in [4.78, 5) is 13.3. The number of urea groups is 1. The second kappa shape index (κ2) is 5.81. The van der Waals surface area contributed by atoms with Crippen molar-refractivity contribution >= 4 is 6.03 Å². The summed E-state index contributed by atoms with van der Waals surface area (Å²) in [5.41, 5.74) is -2.59. The van der Waals surface area contributed by atoms with E-state index in [1.165, 1.54) is 4.90 Å². The molecule has 0 aromatic heterocycles. The Morgan fingerprint density at radius 3 is 2.25 bits per heavy atom. The smallest absolute Gasteiger partial charge is 0.317 e. The summed E-state index contributed by atoms with van der Waals surface area (Å²) in [5.74, 6) is 0. The monoisotopic (exact) mass is 292 g/mol. The molecule has 1 saturated heterocycles. The standard InChI is InChI=1S/C13H22F2N2O3/c14-10(15)13(20)5-8-17(9-6-13)11(18)16-7-4-12(19)2-1-3-12/h10,19-20H,1-9H2,(H,16,18). The van der Waals surface area contributed by atoms with Gasteiger partial charge in [0.05, 0.1) is 5.60 Å². The number of nitrogens with zero attached hydrogens (tertiary/aromatic N) is 1. The molecule has 1 aliphatic heterocycles. The second-order valence-corrected chi connectivity index (χ2v) is 5.95. The first-order valence-electron chi connectivity index (χ1n) is 7.10. The predicted octanol–water partition coefficient (Wildman–Crippen LogP) is 1.09. The summed E-state index contributed by atoms with van der Waals surface area (Å²) in [6.07, 6.45) is 0.0862. The van der Waals surface area contributed by atoms with Crippen molar-refractivity contribution in [3.05, 3.63) is 0 Å². The zero-order valence-electron chi connectivity index (χ0n) is 11.4. The number of piperidine rings is 1. The number of carbonyl (C=O) groups excluding carboxylic acids is 1. The van der Waals surface area contributed by atoms with Gasteiger partial charge in [-0.05, 0) is 38.5 Å². The van der Waals surface area contributed by atoms with Gasteiger partial charge in [-0.1, -0.05) is 0 Å². The Balaban J connectivity index is 1.69. The molecule has 0 aromatic carbocycles. The van der Waals surface area contributed by atoms with Gasteiger partial charge < -0.3 is 20.4 Å². The van der Waals surface area contributed by atoms with Crippen LogP contribution in [0.5, 0.6) is 0 Å². The van der Waals surface area contributed by atoms with E-state index >= 15 is 0 Å². The Morgan fingerprint density at radius 2 is 1.80 bits per heavy atom. The number of hydrogen-bond donors (Lipinski definition) is 3. The van der Waals surface area contributed by atoms with E-state index in [9.17, 15) is 23.8 Å². The van der Waals surface area contributed by atoms with E-state index in [0.717, 1.165) is 19.3 Å². The maximum Gasteiger partial charge on any atom is 0.317 e. The molecule has 116 valence electrons. The van der Waals surface area contributed by atoms with Crippen LogP contribution >= 0.6 is 0 Å². The first-order valence-corrected chi connectivity index (χ1v) is 7.10. The van der Waals surface area contributed by atoms with Crippen molar-refractivity contribution in [2.24, 2.45) is 0 Å². The molecule has 0 aromatic rings. The molecule has 0 atom stereocenters. The Hall–Kier alpha value is -0.950. The van der Waals surface area contributed by atoms with Gasteiger partial charge in [-0.25, -0.2) is 13.6 Å². The molecule has 0 spiro atoms. The van der Waals surface area contributed by atoms with Gasteiger partial charge in [-0.2, -0.15) is 0 Å². The summed E-state index contributed by atoms with van der Waals surface area (Å²) in [6, 6.07) is -0.316. The first-order chi connectivity index (χ1) is 9.35. The first kappa shape index (κ1) is 15.4. The fraction of sp³-hybridized carbons (Fsp3) is 0.923. The third kappa shape index (κ3) is 3.38. The molecular formula is C13H22F2N2O3. The molecule has 7 heteroatoms. The van der Waals surface area contributed by atoms with Crippen molar-refractivity contribution in [2.45, 2.75) is 56.2 Å². The Bertz CT molecular complexity index is 354. The summed E-state index contributed by atoms with van der Waals surface area (Å²) >= 11 is 0. The minimum Gasteiger partial charge on any atom is -0.390 e. The van der Waals surface area contributed by atoms with Gasteiger partial charge in [0.15, 0.2) is 0 Å². The Labute approximate surface area is 116 Å². The lowest BCUT2D eigenvalue weighted by Crippen LogP contribution is -2.53. The minimum absolute atomic E-state index is 0.109. The average molecular weight is 292 g/mol. The number of nitrogens with one attached hydrogen (secondary N) is 1. The highest BCUT2D eigenvalue weighted by atomic mass is 19.3. The number of hydrogen-bond acceptors (Lipinski definition) is 3. The fourth-order valence-electron chi connectivity index (χ4n) is 2.66. The predicted molar refractivity (Wildman–Crippen MR) is 68.6 cm³/mol. The molecule has 0 radical (unpaired) electrons. The maximum absolute atomic E-state index is 12.6. The molecule has 0 unspecified atom stereocenters. The molecule has 1 heterocycles. The van der Waals surface area contributed by atoms with Crippen molar-refractivity contribution in [3.63, 3.8) is 0 Å². The number of halogens is 2. The third-order valence-corrected chi connectivity index (χ3v) is 4.47. The van der Waals surface area contributed by atoms with Crippen LogP contribution in [0.1, 0.15) is 38.5 Å². The van der Waals surface area contributed by atoms with Crippen LogP contribution in [0.4, 0.5) is 13.6 Å². The molecule has 2 aliphatic rings. The van der Waals surface area contributed by atoms with Crippen LogP contribution in [0.25, 0.3) is 0 Å². The van der Waals surface area contributed by atoms with Crippen LogP contribution < -0.4 is 5.32 Å². The van der Waals surface area contributed by atoms with Gasteiger partial charge >= 0.3 is 6.03 Å². The summed E-state index contributed by atoms with van der Waals surface area (Å²) in [7, 11) is 0. The highest BCUT2D eigenvalue weighted by Crippen LogP contribution is 2.34. The van der Waals surface area contributed by atoms with Crippen molar-refractivity contribution in [1.82, 2.24) is 10.2 Å². The molecule has 1 saturated carbocycles. The molecular weight excluding hydrogens is 270 g/mol. The molecule has 2 fully saturated rings. The van der Waals surface area contributed by atoms with E-state index in [-0.39, 0.29) is 32.0 Å². The van der Waals surface area contributed by atoms with E-state index < -0.39 is 17.6 Å². The van der Waals surface area contributed by atoms with Crippen molar-refractivity contribution in [1.29, 1.82) is 0 Å². The normalized spacial score (nSPS) is 24.4. The number of amides is 2. The van der Waals surface area contributed by atoms with E-state index in [1.54, 1.807) is 0 Å². The van der Waals surface area contributed by atoms with Crippen molar-refractivity contribution in [2.75, 3.05) is 19.6 Å². The maximum atomic E-state index is 12.6.